The minimum Gasteiger partial charge on any atom is -0.316 e. The third-order valence-electron chi connectivity index (χ3n) is 4.72. The van der Waals surface area contributed by atoms with Crippen LogP contribution in [0.4, 0.5) is 0 Å². The molecule has 0 aromatic rings. The zero-order valence-electron chi connectivity index (χ0n) is 14.7. The maximum absolute atomic E-state index is 3.61. The van der Waals surface area contributed by atoms with E-state index in [4.69, 9.17) is 0 Å². The van der Waals surface area contributed by atoms with Crippen LogP contribution in [0.15, 0.2) is 0 Å². The molecule has 2 nitrogen and oxygen atoms in total. The number of hydrogen-bond acceptors (Lipinski definition) is 2. The summed E-state index contributed by atoms with van der Waals surface area (Å²) in [6.45, 7) is 18.1. The van der Waals surface area contributed by atoms with Crippen LogP contribution in [0.5, 0.6) is 0 Å². The SMILES string of the molecule is CCCC1(CN(CCC(C)C)CCC(C)C)CCNC1. The van der Waals surface area contributed by atoms with Gasteiger partial charge in [0.15, 0.2) is 0 Å². The van der Waals surface area contributed by atoms with E-state index in [1.165, 1.54) is 64.8 Å². The second kappa shape index (κ2) is 9.04. The Bertz CT molecular complexity index is 230. The van der Waals surface area contributed by atoms with Crippen molar-refractivity contribution in [2.75, 3.05) is 32.7 Å². The summed E-state index contributed by atoms with van der Waals surface area (Å²) in [5.74, 6) is 1.64. The van der Waals surface area contributed by atoms with E-state index in [1.807, 2.05) is 0 Å². The Kier molecular flexibility index (Phi) is 8.13. The van der Waals surface area contributed by atoms with Crippen molar-refractivity contribution in [2.24, 2.45) is 17.3 Å². The molecule has 0 radical (unpaired) electrons. The Hall–Kier alpha value is -0.0800. The highest BCUT2D eigenvalue weighted by Gasteiger charge is 2.34. The molecule has 0 aliphatic carbocycles. The van der Waals surface area contributed by atoms with E-state index >= 15 is 0 Å². The van der Waals surface area contributed by atoms with Gasteiger partial charge in [0.1, 0.15) is 0 Å². The van der Waals surface area contributed by atoms with Gasteiger partial charge in [0.2, 0.25) is 0 Å². The second-order valence-electron chi connectivity index (χ2n) is 7.82. The summed E-state index contributed by atoms with van der Waals surface area (Å²) in [5, 5.41) is 3.61. The number of rotatable bonds is 10. The predicted molar refractivity (Wildman–Crippen MR) is 90.2 cm³/mol. The van der Waals surface area contributed by atoms with Crippen LogP contribution < -0.4 is 5.32 Å². The van der Waals surface area contributed by atoms with Gasteiger partial charge in [-0.15, -0.1) is 0 Å². The monoisotopic (exact) mass is 282 g/mol. The average molecular weight is 283 g/mol. The molecule has 1 aliphatic rings. The van der Waals surface area contributed by atoms with Crippen LogP contribution in [0.25, 0.3) is 0 Å². The van der Waals surface area contributed by atoms with Gasteiger partial charge in [-0.3, -0.25) is 0 Å². The minimum absolute atomic E-state index is 0.558. The zero-order valence-corrected chi connectivity index (χ0v) is 14.7. The number of nitrogens with one attached hydrogen (secondary N) is 1. The molecule has 2 heteroatoms. The van der Waals surface area contributed by atoms with Crippen LogP contribution in [0.1, 0.15) is 66.7 Å². The molecule has 0 aromatic carbocycles. The lowest BCUT2D eigenvalue weighted by Crippen LogP contribution is -2.41. The third-order valence-corrected chi connectivity index (χ3v) is 4.72. The molecular formula is C18H38N2. The first-order valence-corrected chi connectivity index (χ1v) is 8.90. The van der Waals surface area contributed by atoms with E-state index in [0.717, 1.165) is 11.8 Å². The summed E-state index contributed by atoms with van der Waals surface area (Å²) in [6.07, 6.45) is 6.77. The summed E-state index contributed by atoms with van der Waals surface area (Å²) >= 11 is 0. The molecule has 1 fully saturated rings. The van der Waals surface area contributed by atoms with E-state index < -0.39 is 0 Å². The largest absolute Gasteiger partial charge is 0.316 e. The highest BCUT2D eigenvalue weighted by molar-refractivity contribution is 4.90. The van der Waals surface area contributed by atoms with E-state index in [-0.39, 0.29) is 0 Å². The molecule has 120 valence electrons. The maximum atomic E-state index is 3.61. The highest BCUT2D eigenvalue weighted by Crippen LogP contribution is 2.32. The Labute approximate surface area is 127 Å². The normalized spacial score (nSPS) is 23.4. The van der Waals surface area contributed by atoms with Crippen LogP contribution >= 0.6 is 0 Å². The molecule has 0 bridgehead atoms. The fourth-order valence-corrected chi connectivity index (χ4v) is 3.38. The molecule has 1 heterocycles. The van der Waals surface area contributed by atoms with Crippen LogP contribution in [0, 0.1) is 17.3 Å². The molecule has 1 atom stereocenters. The molecule has 0 amide bonds. The number of hydrogen-bond donors (Lipinski definition) is 1. The van der Waals surface area contributed by atoms with Crippen molar-refractivity contribution in [3.05, 3.63) is 0 Å². The van der Waals surface area contributed by atoms with Gasteiger partial charge in [0.25, 0.3) is 0 Å². The van der Waals surface area contributed by atoms with Crippen molar-refractivity contribution in [3.8, 4) is 0 Å². The average Bonchev–Trinajstić information content (AvgIpc) is 2.81. The van der Waals surface area contributed by atoms with E-state index in [2.05, 4.69) is 44.8 Å². The van der Waals surface area contributed by atoms with Crippen molar-refractivity contribution < 1.29 is 0 Å². The standard InChI is InChI=1S/C18H38N2/c1-6-9-18(10-11-19-14-18)15-20(12-7-16(2)3)13-8-17(4)5/h16-17,19H,6-15H2,1-5H3. The zero-order chi connectivity index (χ0) is 15.0. The lowest BCUT2D eigenvalue weighted by molar-refractivity contribution is 0.141. The van der Waals surface area contributed by atoms with E-state index in [9.17, 15) is 0 Å². The first kappa shape index (κ1) is 18.0. The van der Waals surface area contributed by atoms with Crippen molar-refractivity contribution >= 4 is 0 Å². The van der Waals surface area contributed by atoms with Gasteiger partial charge in [-0.25, -0.2) is 0 Å². The summed E-state index contributed by atoms with van der Waals surface area (Å²) in [7, 11) is 0. The van der Waals surface area contributed by atoms with Gasteiger partial charge in [-0.05, 0) is 62.6 Å². The second-order valence-corrected chi connectivity index (χ2v) is 7.82. The van der Waals surface area contributed by atoms with Crippen molar-refractivity contribution in [3.63, 3.8) is 0 Å². The van der Waals surface area contributed by atoms with Gasteiger partial charge in [0, 0.05) is 13.1 Å². The smallest absolute Gasteiger partial charge is 0.00506 e. The molecule has 1 aliphatic heterocycles. The molecule has 0 spiro atoms. The quantitative estimate of drug-likeness (QED) is 0.647. The summed E-state index contributed by atoms with van der Waals surface area (Å²) in [4.78, 5) is 2.77. The summed E-state index contributed by atoms with van der Waals surface area (Å²) in [6, 6.07) is 0. The summed E-state index contributed by atoms with van der Waals surface area (Å²) < 4.78 is 0. The highest BCUT2D eigenvalue weighted by atomic mass is 15.1. The van der Waals surface area contributed by atoms with Gasteiger partial charge in [0.05, 0.1) is 0 Å². The van der Waals surface area contributed by atoms with Crippen LogP contribution in [-0.2, 0) is 0 Å². The fourth-order valence-electron chi connectivity index (χ4n) is 3.38. The van der Waals surface area contributed by atoms with Gasteiger partial charge in [-0.2, -0.15) is 0 Å². The predicted octanol–water partition coefficient (Wildman–Crippen LogP) is 4.16. The minimum atomic E-state index is 0.558. The van der Waals surface area contributed by atoms with Crippen LogP contribution in [-0.4, -0.2) is 37.6 Å². The molecule has 1 saturated heterocycles. The van der Waals surface area contributed by atoms with Gasteiger partial charge >= 0.3 is 0 Å². The van der Waals surface area contributed by atoms with Crippen LogP contribution in [0.3, 0.4) is 0 Å². The topological polar surface area (TPSA) is 15.3 Å². The molecule has 1 N–H and O–H groups in total. The Morgan fingerprint density at radius 1 is 1.05 bits per heavy atom. The lowest BCUT2D eigenvalue weighted by Gasteiger charge is -2.35. The number of nitrogens with zero attached hydrogens (tertiary/aromatic N) is 1. The Morgan fingerprint density at radius 2 is 1.65 bits per heavy atom. The molecule has 0 aromatic heterocycles. The first-order valence-electron chi connectivity index (χ1n) is 8.90. The van der Waals surface area contributed by atoms with E-state index in [0.29, 0.717) is 5.41 Å². The Morgan fingerprint density at radius 3 is 2.05 bits per heavy atom. The molecule has 0 saturated carbocycles. The van der Waals surface area contributed by atoms with Gasteiger partial charge in [-0.1, -0.05) is 41.0 Å². The van der Waals surface area contributed by atoms with Crippen molar-refractivity contribution in [1.29, 1.82) is 0 Å². The fraction of sp³-hybridized carbons (Fsp3) is 1.00. The first-order chi connectivity index (χ1) is 9.47. The van der Waals surface area contributed by atoms with E-state index in [1.54, 1.807) is 0 Å². The van der Waals surface area contributed by atoms with Crippen molar-refractivity contribution in [2.45, 2.75) is 66.7 Å². The van der Waals surface area contributed by atoms with Crippen molar-refractivity contribution in [1.82, 2.24) is 10.2 Å². The third kappa shape index (κ3) is 6.58. The summed E-state index contributed by atoms with van der Waals surface area (Å²) in [5.41, 5.74) is 0.558. The van der Waals surface area contributed by atoms with Crippen LogP contribution in [0.2, 0.25) is 0 Å². The molecule has 1 unspecified atom stereocenters. The molecule has 20 heavy (non-hydrogen) atoms. The van der Waals surface area contributed by atoms with Gasteiger partial charge < -0.3 is 10.2 Å². The Balaban J connectivity index is 2.55. The maximum Gasteiger partial charge on any atom is 0.00506 e. The lowest BCUT2D eigenvalue weighted by atomic mass is 9.81. The molecule has 1 rings (SSSR count). The molecular weight excluding hydrogens is 244 g/mol.